The maximum Gasteiger partial charge on any atom is 0.237 e. The second-order valence-electron chi connectivity index (χ2n) is 3.58. The summed E-state index contributed by atoms with van der Waals surface area (Å²) in [5.41, 5.74) is 3.31. The number of hydrogen-bond acceptors (Lipinski definition) is 4. The molecule has 1 aromatic heterocycles. The highest BCUT2D eigenvalue weighted by molar-refractivity contribution is 5.78. The quantitative estimate of drug-likeness (QED) is 0.289. The molecule has 1 aromatic rings. The summed E-state index contributed by atoms with van der Waals surface area (Å²) in [5, 5.41) is 3.73. The van der Waals surface area contributed by atoms with Crippen molar-refractivity contribution in [2.24, 2.45) is 11.8 Å². The van der Waals surface area contributed by atoms with Crippen molar-refractivity contribution >= 4 is 5.91 Å². The number of carbonyl (C=O) groups excluding carboxylic acids is 1. The Morgan fingerprint density at radius 3 is 3.36 bits per heavy atom. The van der Waals surface area contributed by atoms with E-state index in [1.807, 2.05) is 0 Å². The summed E-state index contributed by atoms with van der Waals surface area (Å²) in [4.78, 5) is 11.4. The maximum absolute atomic E-state index is 11.4. The van der Waals surface area contributed by atoms with Crippen molar-refractivity contribution in [3.05, 3.63) is 17.5 Å². The lowest BCUT2D eigenvalue weighted by atomic mass is 10.00. The summed E-state index contributed by atoms with van der Waals surface area (Å²) in [7, 11) is 0. The molecule has 1 atom stereocenters. The van der Waals surface area contributed by atoms with Crippen LogP contribution in [-0.2, 0) is 17.6 Å². The maximum atomic E-state index is 11.4. The van der Waals surface area contributed by atoms with Crippen LogP contribution < -0.4 is 11.3 Å². The number of rotatable bonds is 1. The fraction of sp³-hybridized carbons (Fsp3) is 0.556. The number of hydrazine groups is 1. The largest absolute Gasteiger partial charge is 0.361 e. The molecule has 0 aromatic carbocycles. The molecule has 0 fully saturated rings. The standard InChI is InChI=1S/C9H13N3O2/c10-12-9(13)6-2-1-3-7-5-11-14-8(7)4-6/h5-6H,1-4,10H2,(H,12,13)/t6-/m1/s1. The molecule has 1 aliphatic rings. The van der Waals surface area contributed by atoms with E-state index in [0.717, 1.165) is 30.6 Å². The van der Waals surface area contributed by atoms with Gasteiger partial charge in [0, 0.05) is 17.9 Å². The Hall–Kier alpha value is -1.36. The highest BCUT2D eigenvalue weighted by atomic mass is 16.5. The van der Waals surface area contributed by atoms with Crippen molar-refractivity contribution in [3.8, 4) is 0 Å². The van der Waals surface area contributed by atoms with Gasteiger partial charge in [0.05, 0.1) is 6.20 Å². The SMILES string of the molecule is NNC(=O)[C@@H]1CCCc2cnoc2C1. The van der Waals surface area contributed by atoms with E-state index >= 15 is 0 Å². The summed E-state index contributed by atoms with van der Waals surface area (Å²) in [6.07, 6.45) is 5.11. The number of carbonyl (C=O) groups is 1. The van der Waals surface area contributed by atoms with E-state index in [4.69, 9.17) is 10.4 Å². The predicted octanol–water partition coefficient (Wildman–Crippen LogP) is 0.159. The minimum absolute atomic E-state index is 0.0748. The van der Waals surface area contributed by atoms with Gasteiger partial charge in [0.2, 0.25) is 5.91 Å². The van der Waals surface area contributed by atoms with E-state index in [1.54, 1.807) is 6.20 Å². The lowest BCUT2D eigenvalue weighted by molar-refractivity contribution is -0.125. The fourth-order valence-corrected chi connectivity index (χ4v) is 1.86. The van der Waals surface area contributed by atoms with Crippen LogP contribution in [0.3, 0.4) is 0 Å². The number of aromatic nitrogens is 1. The van der Waals surface area contributed by atoms with Gasteiger partial charge in [0.1, 0.15) is 5.76 Å². The molecular formula is C9H13N3O2. The first kappa shape index (κ1) is 9.21. The van der Waals surface area contributed by atoms with Gasteiger partial charge in [-0.1, -0.05) is 5.16 Å². The molecule has 2 rings (SSSR count). The zero-order valence-corrected chi connectivity index (χ0v) is 7.82. The number of nitrogens with two attached hydrogens (primary N) is 1. The molecule has 0 saturated heterocycles. The molecule has 1 aliphatic carbocycles. The van der Waals surface area contributed by atoms with Gasteiger partial charge >= 0.3 is 0 Å². The Morgan fingerprint density at radius 1 is 1.71 bits per heavy atom. The Balaban J connectivity index is 2.15. The molecule has 0 aliphatic heterocycles. The van der Waals surface area contributed by atoms with Crippen LogP contribution in [0.5, 0.6) is 0 Å². The summed E-state index contributed by atoms with van der Waals surface area (Å²) in [6.45, 7) is 0. The van der Waals surface area contributed by atoms with E-state index in [1.165, 1.54) is 0 Å². The number of nitrogens with zero attached hydrogens (tertiary/aromatic N) is 1. The molecule has 1 heterocycles. The van der Waals surface area contributed by atoms with Crippen LogP contribution in [0.1, 0.15) is 24.2 Å². The number of aryl methyl sites for hydroxylation is 1. The predicted molar refractivity (Wildman–Crippen MR) is 49.0 cm³/mol. The monoisotopic (exact) mass is 195 g/mol. The number of fused-ring (bicyclic) bond motifs is 1. The van der Waals surface area contributed by atoms with Gasteiger partial charge in [0.25, 0.3) is 0 Å². The van der Waals surface area contributed by atoms with Crippen molar-refractivity contribution in [3.63, 3.8) is 0 Å². The molecule has 0 bridgehead atoms. The molecule has 0 unspecified atom stereocenters. The fourth-order valence-electron chi connectivity index (χ4n) is 1.86. The highest BCUT2D eigenvalue weighted by Crippen LogP contribution is 2.24. The van der Waals surface area contributed by atoms with Crippen LogP contribution in [0, 0.1) is 5.92 Å². The van der Waals surface area contributed by atoms with Crippen LogP contribution in [0.2, 0.25) is 0 Å². The third-order valence-electron chi connectivity index (χ3n) is 2.67. The van der Waals surface area contributed by atoms with Gasteiger partial charge in [-0.2, -0.15) is 0 Å². The minimum atomic E-state index is -0.116. The van der Waals surface area contributed by atoms with Crippen LogP contribution in [0.4, 0.5) is 0 Å². The second kappa shape index (κ2) is 3.79. The topological polar surface area (TPSA) is 81.1 Å². The first-order valence-corrected chi connectivity index (χ1v) is 4.74. The van der Waals surface area contributed by atoms with Crippen LogP contribution in [0.25, 0.3) is 0 Å². The van der Waals surface area contributed by atoms with Gasteiger partial charge in [-0.3, -0.25) is 10.2 Å². The zero-order valence-electron chi connectivity index (χ0n) is 7.82. The minimum Gasteiger partial charge on any atom is -0.361 e. The molecule has 76 valence electrons. The third-order valence-corrected chi connectivity index (χ3v) is 2.67. The molecule has 14 heavy (non-hydrogen) atoms. The number of nitrogens with one attached hydrogen (secondary N) is 1. The van der Waals surface area contributed by atoms with E-state index in [9.17, 15) is 4.79 Å². The van der Waals surface area contributed by atoms with Gasteiger partial charge in [-0.15, -0.1) is 0 Å². The van der Waals surface area contributed by atoms with E-state index < -0.39 is 0 Å². The first-order valence-electron chi connectivity index (χ1n) is 4.74. The van der Waals surface area contributed by atoms with E-state index in [2.05, 4.69) is 10.6 Å². The molecule has 0 saturated carbocycles. The molecular weight excluding hydrogens is 182 g/mol. The summed E-state index contributed by atoms with van der Waals surface area (Å²) in [5.74, 6) is 5.74. The third kappa shape index (κ3) is 1.63. The van der Waals surface area contributed by atoms with E-state index in [-0.39, 0.29) is 11.8 Å². The Bertz CT molecular complexity index is 335. The summed E-state index contributed by atoms with van der Waals surface area (Å²) >= 11 is 0. The van der Waals surface area contributed by atoms with Crippen LogP contribution in [0.15, 0.2) is 10.7 Å². The highest BCUT2D eigenvalue weighted by Gasteiger charge is 2.24. The van der Waals surface area contributed by atoms with Crippen molar-refractivity contribution in [2.45, 2.75) is 25.7 Å². The zero-order chi connectivity index (χ0) is 9.97. The van der Waals surface area contributed by atoms with E-state index in [0.29, 0.717) is 6.42 Å². The first-order chi connectivity index (χ1) is 6.81. The number of amides is 1. The summed E-state index contributed by atoms with van der Waals surface area (Å²) in [6, 6.07) is 0. The van der Waals surface area contributed by atoms with Crippen molar-refractivity contribution < 1.29 is 9.32 Å². The Morgan fingerprint density at radius 2 is 2.57 bits per heavy atom. The van der Waals surface area contributed by atoms with Gasteiger partial charge in [-0.05, 0) is 19.3 Å². The average molecular weight is 195 g/mol. The smallest absolute Gasteiger partial charge is 0.237 e. The van der Waals surface area contributed by atoms with Crippen LogP contribution in [-0.4, -0.2) is 11.1 Å². The molecule has 0 radical (unpaired) electrons. The van der Waals surface area contributed by atoms with Crippen molar-refractivity contribution in [1.29, 1.82) is 0 Å². The Labute approximate surface area is 81.6 Å². The van der Waals surface area contributed by atoms with Crippen molar-refractivity contribution in [1.82, 2.24) is 10.6 Å². The molecule has 0 spiro atoms. The molecule has 5 nitrogen and oxygen atoms in total. The lowest BCUT2D eigenvalue weighted by Crippen LogP contribution is -2.36. The molecule has 1 amide bonds. The Kier molecular flexibility index (Phi) is 2.49. The van der Waals surface area contributed by atoms with Crippen LogP contribution >= 0.6 is 0 Å². The van der Waals surface area contributed by atoms with Gasteiger partial charge < -0.3 is 4.52 Å². The normalized spacial score (nSPS) is 21.1. The summed E-state index contributed by atoms with van der Waals surface area (Å²) < 4.78 is 5.09. The van der Waals surface area contributed by atoms with Gasteiger partial charge in [-0.25, -0.2) is 5.84 Å². The molecule has 3 N–H and O–H groups in total. The number of hydrogen-bond donors (Lipinski definition) is 2. The lowest BCUT2D eigenvalue weighted by Gasteiger charge is -2.10. The van der Waals surface area contributed by atoms with Crippen molar-refractivity contribution in [2.75, 3.05) is 0 Å². The second-order valence-corrected chi connectivity index (χ2v) is 3.58. The van der Waals surface area contributed by atoms with Gasteiger partial charge in [0.15, 0.2) is 0 Å². The average Bonchev–Trinajstić information content (AvgIpc) is 2.54. The molecule has 5 heteroatoms.